The van der Waals surface area contributed by atoms with E-state index in [0.717, 1.165) is 10.4 Å². The number of fused-ring (bicyclic) bond motifs is 1. The highest BCUT2D eigenvalue weighted by Gasteiger charge is 2.38. The number of hydrogen-bond acceptors (Lipinski definition) is 5. The fourth-order valence-corrected chi connectivity index (χ4v) is 6.35. The molecule has 13 heteroatoms. The molecular weight excluding hydrogens is 561 g/mol. The highest BCUT2D eigenvalue weighted by molar-refractivity contribution is 7.93. The Labute approximate surface area is 228 Å². The SMILES string of the molecule is CCn1cc(S(=O)(=O)N2CC(CNC(C)=O)Oc3c(F)cc(C=C(C)c4c(F)cccc4Cl)cc32)c(Cl)n1. The summed E-state index contributed by atoms with van der Waals surface area (Å²) >= 11 is 12.3. The lowest BCUT2D eigenvalue weighted by Crippen LogP contribution is -2.48. The number of nitrogens with one attached hydrogen (secondary N) is 1. The zero-order valence-electron chi connectivity index (χ0n) is 20.6. The van der Waals surface area contributed by atoms with E-state index >= 15 is 4.39 Å². The number of rotatable bonds is 7. The first-order valence-corrected chi connectivity index (χ1v) is 13.7. The van der Waals surface area contributed by atoms with Crippen LogP contribution in [0.25, 0.3) is 11.6 Å². The Morgan fingerprint density at radius 3 is 2.61 bits per heavy atom. The van der Waals surface area contributed by atoms with Crippen LogP contribution in [0.4, 0.5) is 14.5 Å². The second-order valence-corrected chi connectivity index (χ2v) is 11.2. The van der Waals surface area contributed by atoms with Crippen molar-refractivity contribution in [1.29, 1.82) is 0 Å². The molecule has 4 rings (SSSR count). The minimum atomic E-state index is -4.34. The van der Waals surface area contributed by atoms with E-state index in [4.69, 9.17) is 27.9 Å². The third-order valence-corrected chi connectivity index (χ3v) is 8.35. The number of hydrogen-bond donors (Lipinski definition) is 1. The number of halogens is 4. The van der Waals surface area contributed by atoms with Crippen molar-refractivity contribution in [2.75, 3.05) is 17.4 Å². The van der Waals surface area contributed by atoms with Gasteiger partial charge in [0.15, 0.2) is 16.7 Å². The number of aromatic nitrogens is 2. The summed E-state index contributed by atoms with van der Waals surface area (Å²) in [6, 6.07) is 6.81. The molecule has 0 saturated carbocycles. The summed E-state index contributed by atoms with van der Waals surface area (Å²) in [5.74, 6) is -2.07. The zero-order valence-corrected chi connectivity index (χ0v) is 23.0. The van der Waals surface area contributed by atoms with Crippen molar-refractivity contribution >= 4 is 56.5 Å². The van der Waals surface area contributed by atoms with E-state index in [0.29, 0.717) is 12.1 Å². The minimum absolute atomic E-state index is 0.0608. The lowest BCUT2D eigenvalue weighted by Gasteiger charge is -2.35. The molecule has 2 heterocycles. The minimum Gasteiger partial charge on any atom is -0.481 e. The molecular formula is C25H24Cl2F2N4O4S. The summed E-state index contributed by atoms with van der Waals surface area (Å²) in [6.07, 6.45) is 1.89. The molecule has 1 aliphatic rings. The van der Waals surface area contributed by atoms with Gasteiger partial charge in [-0.3, -0.25) is 13.8 Å². The number of ether oxygens (including phenoxy) is 1. The van der Waals surface area contributed by atoms with E-state index in [-0.39, 0.29) is 56.6 Å². The first-order chi connectivity index (χ1) is 17.9. The first kappa shape index (κ1) is 27.9. The van der Waals surface area contributed by atoms with Crippen LogP contribution >= 0.6 is 23.2 Å². The molecule has 8 nitrogen and oxygen atoms in total. The maximum atomic E-state index is 15.4. The van der Waals surface area contributed by atoms with Gasteiger partial charge in [-0.15, -0.1) is 0 Å². The Bertz CT molecular complexity index is 1520. The zero-order chi connectivity index (χ0) is 27.8. The molecule has 3 aromatic rings. The molecule has 1 unspecified atom stereocenters. The van der Waals surface area contributed by atoms with Crippen molar-refractivity contribution in [2.45, 2.75) is 38.3 Å². The lowest BCUT2D eigenvalue weighted by atomic mass is 10.0. The number of allylic oxidation sites excluding steroid dienone is 1. The molecule has 0 saturated heterocycles. The van der Waals surface area contributed by atoms with Crippen molar-refractivity contribution in [2.24, 2.45) is 0 Å². The van der Waals surface area contributed by atoms with Gasteiger partial charge in [-0.2, -0.15) is 5.10 Å². The molecule has 1 N–H and O–H groups in total. The monoisotopic (exact) mass is 584 g/mol. The van der Waals surface area contributed by atoms with E-state index in [1.54, 1.807) is 13.8 Å². The van der Waals surface area contributed by atoms with Gasteiger partial charge in [0.25, 0.3) is 10.0 Å². The number of aryl methyl sites for hydroxylation is 1. The number of sulfonamides is 1. The standard InChI is InChI=1S/C25H24Cl2F2N4O4S/c1-4-32-13-22(25(27)31-32)38(35,36)33-12-17(11-30-15(3)34)37-24-20(29)9-16(10-21(24)33)8-14(2)23-18(26)6-5-7-19(23)28/h5-10,13,17H,4,11-12H2,1-3H3,(H,30,34). The second kappa shape index (κ2) is 10.9. The third kappa shape index (κ3) is 5.50. The van der Waals surface area contributed by atoms with Crippen molar-refractivity contribution in [3.63, 3.8) is 0 Å². The molecule has 1 atom stereocenters. The summed E-state index contributed by atoms with van der Waals surface area (Å²) in [5, 5.41) is 6.50. The van der Waals surface area contributed by atoms with Crippen LogP contribution < -0.4 is 14.4 Å². The molecule has 2 aromatic carbocycles. The molecule has 0 radical (unpaired) electrons. The third-order valence-electron chi connectivity index (χ3n) is 5.87. The van der Waals surface area contributed by atoms with E-state index in [9.17, 15) is 17.6 Å². The van der Waals surface area contributed by atoms with E-state index in [2.05, 4.69) is 10.4 Å². The predicted molar refractivity (Wildman–Crippen MR) is 142 cm³/mol. The summed E-state index contributed by atoms with van der Waals surface area (Å²) in [4.78, 5) is 11.2. The van der Waals surface area contributed by atoms with Gasteiger partial charge in [-0.25, -0.2) is 17.2 Å². The number of nitrogens with zero attached hydrogens (tertiary/aromatic N) is 3. The van der Waals surface area contributed by atoms with Crippen LogP contribution in [0.2, 0.25) is 10.2 Å². The number of anilines is 1. The Morgan fingerprint density at radius 1 is 1.24 bits per heavy atom. The normalized spacial score (nSPS) is 15.7. The summed E-state index contributed by atoms with van der Waals surface area (Å²) in [6.45, 7) is 4.75. The molecule has 202 valence electrons. The molecule has 0 spiro atoms. The summed E-state index contributed by atoms with van der Waals surface area (Å²) in [7, 11) is -4.34. The Hall–Kier alpha value is -3.15. The van der Waals surface area contributed by atoms with Crippen LogP contribution in [-0.4, -0.2) is 43.3 Å². The van der Waals surface area contributed by atoms with Crippen molar-refractivity contribution in [3.8, 4) is 5.75 Å². The Balaban J connectivity index is 1.84. The Kier molecular flexibility index (Phi) is 8.01. The number of carbonyl (C=O) groups excluding carboxylic acids is 1. The maximum Gasteiger partial charge on any atom is 0.269 e. The smallest absolute Gasteiger partial charge is 0.269 e. The fraction of sp³-hybridized carbons (Fsp3) is 0.280. The topological polar surface area (TPSA) is 93.5 Å². The molecule has 0 bridgehead atoms. The van der Waals surface area contributed by atoms with Crippen LogP contribution in [0.3, 0.4) is 0 Å². The van der Waals surface area contributed by atoms with Gasteiger partial charge in [0.05, 0.1) is 23.8 Å². The van der Waals surface area contributed by atoms with Crippen molar-refractivity contribution in [1.82, 2.24) is 15.1 Å². The molecule has 1 aliphatic heterocycles. The predicted octanol–water partition coefficient (Wildman–Crippen LogP) is 5.14. The highest BCUT2D eigenvalue weighted by Crippen LogP contribution is 2.41. The Morgan fingerprint density at radius 2 is 1.97 bits per heavy atom. The van der Waals surface area contributed by atoms with Crippen LogP contribution in [0, 0.1) is 11.6 Å². The fourth-order valence-electron chi connectivity index (χ4n) is 4.09. The second-order valence-electron chi connectivity index (χ2n) is 8.63. The van der Waals surface area contributed by atoms with E-state index in [1.807, 2.05) is 0 Å². The summed E-state index contributed by atoms with van der Waals surface area (Å²) in [5.41, 5.74) is 0.706. The average Bonchev–Trinajstić information content (AvgIpc) is 3.24. The quantitative estimate of drug-likeness (QED) is 0.388. The van der Waals surface area contributed by atoms with Gasteiger partial charge in [0.2, 0.25) is 5.91 Å². The number of benzene rings is 2. The lowest BCUT2D eigenvalue weighted by molar-refractivity contribution is -0.119. The highest BCUT2D eigenvalue weighted by atomic mass is 35.5. The number of carbonyl (C=O) groups is 1. The van der Waals surface area contributed by atoms with Gasteiger partial charge >= 0.3 is 0 Å². The molecule has 1 aromatic heterocycles. The van der Waals surface area contributed by atoms with Crippen LogP contribution in [-0.2, 0) is 21.4 Å². The van der Waals surface area contributed by atoms with E-state index < -0.39 is 27.8 Å². The van der Waals surface area contributed by atoms with E-state index in [1.165, 1.54) is 48.1 Å². The molecule has 38 heavy (non-hydrogen) atoms. The van der Waals surface area contributed by atoms with Crippen LogP contribution in [0.1, 0.15) is 31.9 Å². The van der Waals surface area contributed by atoms with Gasteiger partial charge in [0, 0.05) is 25.2 Å². The summed E-state index contributed by atoms with van der Waals surface area (Å²) < 4.78 is 65.5. The van der Waals surface area contributed by atoms with Crippen LogP contribution in [0.5, 0.6) is 5.75 Å². The van der Waals surface area contributed by atoms with Crippen molar-refractivity contribution < 1.29 is 26.7 Å². The molecule has 0 fully saturated rings. The molecule has 1 amide bonds. The number of amides is 1. The average molecular weight is 585 g/mol. The van der Waals surface area contributed by atoms with Crippen LogP contribution in [0.15, 0.2) is 41.4 Å². The largest absolute Gasteiger partial charge is 0.481 e. The van der Waals surface area contributed by atoms with Gasteiger partial charge in [-0.05, 0) is 49.2 Å². The van der Waals surface area contributed by atoms with Gasteiger partial charge in [-0.1, -0.05) is 35.3 Å². The van der Waals surface area contributed by atoms with Crippen molar-refractivity contribution in [3.05, 3.63) is 69.5 Å². The maximum absolute atomic E-state index is 15.4. The van der Waals surface area contributed by atoms with Gasteiger partial charge < -0.3 is 10.1 Å². The van der Waals surface area contributed by atoms with Gasteiger partial charge in [0.1, 0.15) is 16.8 Å². The first-order valence-electron chi connectivity index (χ1n) is 11.5. The molecule has 0 aliphatic carbocycles.